The van der Waals surface area contributed by atoms with Gasteiger partial charge >= 0.3 is 0 Å². The molecule has 1 aromatic carbocycles. The molecule has 1 aliphatic carbocycles. The van der Waals surface area contributed by atoms with Crippen molar-refractivity contribution in [3.63, 3.8) is 0 Å². The van der Waals surface area contributed by atoms with E-state index in [4.69, 9.17) is 10.5 Å². The maximum atomic E-state index is 12.7. The van der Waals surface area contributed by atoms with Gasteiger partial charge in [0.2, 0.25) is 0 Å². The molecule has 0 radical (unpaired) electrons. The van der Waals surface area contributed by atoms with E-state index in [9.17, 15) is 10.1 Å². The minimum absolute atomic E-state index is 0.0762. The van der Waals surface area contributed by atoms with Gasteiger partial charge in [0.25, 0.3) is 0 Å². The van der Waals surface area contributed by atoms with Crippen LogP contribution in [-0.4, -0.2) is 12.0 Å². The van der Waals surface area contributed by atoms with Crippen LogP contribution in [0.4, 0.5) is 0 Å². The molecule has 4 heteroatoms. The average molecular weight is 296 g/mol. The maximum Gasteiger partial charge on any atom is 0.164 e. The van der Waals surface area contributed by atoms with Crippen LogP contribution in [-0.2, 0) is 9.53 Å². The van der Waals surface area contributed by atoms with Crippen LogP contribution in [0, 0.1) is 22.7 Å². The molecular weight excluding hydrogens is 276 g/mol. The topological polar surface area (TPSA) is 76.1 Å². The number of allylic oxidation sites excluding steroid dienone is 2. The predicted octanol–water partition coefficient (Wildman–Crippen LogP) is 2.87. The lowest BCUT2D eigenvalue weighted by Crippen LogP contribution is -2.44. The van der Waals surface area contributed by atoms with Crippen LogP contribution in [0.25, 0.3) is 0 Å². The van der Waals surface area contributed by atoms with E-state index in [0.29, 0.717) is 24.2 Å². The Morgan fingerprint density at radius 2 is 1.95 bits per heavy atom. The van der Waals surface area contributed by atoms with Crippen molar-refractivity contribution < 1.29 is 9.53 Å². The number of rotatable bonds is 1. The number of ketones is 1. The Bertz CT molecular complexity index is 670. The Balaban J connectivity index is 2.15. The van der Waals surface area contributed by atoms with Crippen molar-refractivity contribution in [2.24, 2.45) is 17.1 Å². The van der Waals surface area contributed by atoms with Gasteiger partial charge in [-0.05, 0) is 11.0 Å². The number of nitriles is 1. The summed E-state index contributed by atoms with van der Waals surface area (Å²) in [6, 6.07) is 11.9. The van der Waals surface area contributed by atoms with E-state index in [1.54, 1.807) is 0 Å². The van der Waals surface area contributed by atoms with Crippen LogP contribution >= 0.6 is 0 Å². The molecule has 0 saturated heterocycles. The summed E-state index contributed by atoms with van der Waals surface area (Å²) in [4.78, 5) is 12.7. The fraction of sp³-hybridized carbons (Fsp3) is 0.444. The van der Waals surface area contributed by atoms with Gasteiger partial charge in [0.15, 0.2) is 12.0 Å². The first-order valence-corrected chi connectivity index (χ1v) is 7.56. The third kappa shape index (κ3) is 2.42. The summed E-state index contributed by atoms with van der Waals surface area (Å²) >= 11 is 0. The molecule has 3 rings (SSSR count). The second-order valence-electron chi connectivity index (χ2n) is 6.90. The van der Waals surface area contributed by atoms with E-state index in [1.807, 2.05) is 30.3 Å². The number of carbonyl (C=O) groups is 1. The first-order valence-electron chi connectivity index (χ1n) is 7.56. The lowest BCUT2D eigenvalue weighted by molar-refractivity contribution is -0.120. The highest BCUT2D eigenvalue weighted by Gasteiger charge is 2.46. The van der Waals surface area contributed by atoms with Crippen LogP contribution in [0.5, 0.6) is 0 Å². The Labute approximate surface area is 130 Å². The SMILES string of the molecule is CC1(C)CC(=O)C2=C(C1)OC(N)C(C#N)C2c1ccccc1. The van der Waals surface area contributed by atoms with Crippen molar-refractivity contribution in [2.45, 2.75) is 38.8 Å². The predicted molar refractivity (Wildman–Crippen MR) is 82.4 cm³/mol. The van der Waals surface area contributed by atoms with Crippen molar-refractivity contribution in [2.75, 3.05) is 0 Å². The molecule has 2 N–H and O–H groups in total. The van der Waals surface area contributed by atoms with E-state index < -0.39 is 12.1 Å². The molecule has 3 atom stereocenters. The Morgan fingerprint density at radius 1 is 1.27 bits per heavy atom. The molecule has 2 aliphatic rings. The van der Waals surface area contributed by atoms with E-state index >= 15 is 0 Å². The van der Waals surface area contributed by atoms with Gasteiger partial charge < -0.3 is 4.74 Å². The molecule has 3 unspecified atom stereocenters. The van der Waals surface area contributed by atoms with Crippen LogP contribution in [0.3, 0.4) is 0 Å². The Kier molecular flexibility index (Phi) is 3.54. The quantitative estimate of drug-likeness (QED) is 0.864. The molecule has 22 heavy (non-hydrogen) atoms. The highest BCUT2D eigenvalue weighted by atomic mass is 16.5. The van der Waals surface area contributed by atoms with Gasteiger partial charge in [0.05, 0.1) is 6.07 Å². The number of benzene rings is 1. The molecule has 1 heterocycles. The van der Waals surface area contributed by atoms with Gasteiger partial charge in [-0.1, -0.05) is 44.2 Å². The number of Topliss-reactive ketones (excluding diaryl/α,β-unsaturated/α-hetero) is 1. The molecule has 1 aromatic rings. The van der Waals surface area contributed by atoms with Crippen LogP contribution < -0.4 is 5.73 Å². The first-order chi connectivity index (χ1) is 10.4. The summed E-state index contributed by atoms with van der Waals surface area (Å²) in [5, 5.41) is 9.53. The highest BCUT2D eigenvalue weighted by molar-refractivity contribution is 5.99. The second-order valence-corrected chi connectivity index (χ2v) is 6.90. The van der Waals surface area contributed by atoms with E-state index in [-0.39, 0.29) is 17.1 Å². The highest BCUT2D eigenvalue weighted by Crippen LogP contribution is 2.48. The fourth-order valence-electron chi connectivity index (χ4n) is 3.52. The van der Waals surface area contributed by atoms with E-state index in [1.165, 1.54) is 0 Å². The molecule has 0 amide bonds. The summed E-state index contributed by atoms with van der Waals surface area (Å²) in [5.74, 6) is -0.0961. The van der Waals surface area contributed by atoms with E-state index in [2.05, 4.69) is 19.9 Å². The molecule has 1 aliphatic heterocycles. The summed E-state index contributed by atoms with van der Waals surface area (Å²) < 4.78 is 5.77. The minimum atomic E-state index is -0.698. The van der Waals surface area contributed by atoms with Crippen molar-refractivity contribution >= 4 is 5.78 Å². The number of nitrogens with two attached hydrogens (primary N) is 1. The third-order valence-corrected chi connectivity index (χ3v) is 4.49. The van der Waals surface area contributed by atoms with Gasteiger partial charge in [0.1, 0.15) is 11.7 Å². The first kappa shape index (κ1) is 14.8. The van der Waals surface area contributed by atoms with Crippen molar-refractivity contribution in [3.05, 3.63) is 47.2 Å². The monoisotopic (exact) mass is 296 g/mol. The van der Waals surface area contributed by atoms with Crippen LogP contribution in [0.15, 0.2) is 41.7 Å². The van der Waals surface area contributed by atoms with Gasteiger partial charge in [-0.25, -0.2) is 0 Å². The molecule has 0 aromatic heterocycles. The molecule has 0 saturated carbocycles. The number of ether oxygens (including phenoxy) is 1. The molecule has 0 fully saturated rings. The van der Waals surface area contributed by atoms with Gasteiger partial charge in [0, 0.05) is 24.3 Å². The summed E-state index contributed by atoms with van der Waals surface area (Å²) in [6.45, 7) is 4.11. The zero-order valence-electron chi connectivity index (χ0n) is 12.9. The number of carbonyl (C=O) groups excluding carboxylic acids is 1. The third-order valence-electron chi connectivity index (χ3n) is 4.49. The summed E-state index contributed by atoms with van der Waals surface area (Å²) in [5.41, 5.74) is 7.54. The second kappa shape index (κ2) is 5.26. The van der Waals surface area contributed by atoms with E-state index in [0.717, 1.165) is 5.56 Å². The molecular formula is C18H20N2O2. The normalized spacial score (nSPS) is 30.3. The molecule has 114 valence electrons. The zero-order chi connectivity index (χ0) is 15.9. The van der Waals surface area contributed by atoms with Gasteiger partial charge in [-0.15, -0.1) is 0 Å². The Hall–Kier alpha value is -2.12. The largest absolute Gasteiger partial charge is 0.478 e. The number of nitrogens with zero attached hydrogens (tertiary/aromatic N) is 1. The lowest BCUT2D eigenvalue weighted by atomic mass is 9.68. The van der Waals surface area contributed by atoms with Crippen molar-refractivity contribution in [1.29, 1.82) is 5.26 Å². The summed E-state index contributed by atoms with van der Waals surface area (Å²) in [6.07, 6.45) is 0.463. The van der Waals surface area contributed by atoms with Crippen LogP contribution in [0.1, 0.15) is 38.2 Å². The maximum absolute atomic E-state index is 12.7. The fourth-order valence-corrected chi connectivity index (χ4v) is 3.52. The molecule has 4 nitrogen and oxygen atoms in total. The standard InChI is InChI=1S/C18H20N2O2/c1-18(2)8-13(21)16-14(9-18)22-17(20)12(10-19)15(16)11-6-4-3-5-7-11/h3-7,12,15,17H,8-9,20H2,1-2H3. The summed E-state index contributed by atoms with van der Waals surface area (Å²) in [7, 11) is 0. The lowest BCUT2D eigenvalue weighted by Gasteiger charge is -2.41. The minimum Gasteiger partial charge on any atom is -0.478 e. The molecule has 0 bridgehead atoms. The number of hydrogen-bond donors (Lipinski definition) is 1. The van der Waals surface area contributed by atoms with Gasteiger partial charge in [-0.3, -0.25) is 10.5 Å². The van der Waals surface area contributed by atoms with Crippen LogP contribution in [0.2, 0.25) is 0 Å². The molecule has 0 spiro atoms. The smallest absolute Gasteiger partial charge is 0.164 e. The van der Waals surface area contributed by atoms with Crippen molar-refractivity contribution in [1.82, 2.24) is 0 Å². The number of hydrogen-bond acceptors (Lipinski definition) is 4. The Morgan fingerprint density at radius 3 is 2.59 bits per heavy atom. The van der Waals surface area contributed by atoms with Gasteiger partial charge in [-0.2, -0.15) is 5.26 Å². The zero-order valence-corrected chi connectivity index (χ0v) is 12.9. The average Bonchev–Trinajstić information content (AvgIpc) is 2.45. The van der Waals surface area contributed by atoms with Crippen molar-refractivity contribution in [3.8, 4) is 6.07 Å².